The van der Waals surface area contributed by atoms with Gasteiger partial charge in [-0.15, -0.1) is 6.42 Å². The molecule has 3 rings (SSSR count). The predicted molar refractivity (Wildman–Crippen MR) is 91.6 cm³/mol. The first-order valence-corrected chi connectivity index (χ1v) is 8.56. The Morgan fingerprint density at radius 2 is 2.32 bits per heavy atom. The molecule has 0 spiro atoms. The topological polar surface area (TPSA) is 67.8 Å². The van der Waals surface area contributed by atoms with Gasteiger partial charge < -0.3 is 27.2 Å². The quantitative estimate of drug-likeness (QED) is 0.200. The summed E-state index contributed by atoms with van der Waals surface area (Å²) in [5, 5.41) is 12.5. The van der Waals surface area contributed by atoms with Gasteiger partial charge in [0.1, 0.15) is 0 Å². The number of hydrogen-bond acceptors (Lipinski definition) is 4. The molecule has 1 heterocycles. The molecule has 1 aliphatic heterocycles. The number of nitrogens with two attached hydrogens (primary N) is 1. The van der Waals surface area contributed by atoms with Crippen LogP contribution < -0.4 is 5.73 Å². The Labute approximate surface area is 200 Å². The molecule has 0 amide bonds. The summed E-state index contributed by atoms with van der Waals surface area (Å²) in [4.78, 5) is 0. The van der Waals surface area contributed by atoms with Crippen molar-refractivity contribution in [3.8, 4) is 0 Å². The molecular weight excluding hydrogens is 763 g/mol. The summed E-state index contributed by atoms with van der Waals surface area (Å²) in [6.45, 7) is 6.71. The molecule has 2 saturated carbocycles. The molecule has 0 aromatic heterocycles. The molecule has 3 aliphatic rings. The molecule has 0 aromatic carbocycles. The van der Waals surface area contributed by atoms with Crippen molar-refractivity contribution < 1.29 is 72.2 Å². The number of oxime groups is 1. The Bertz CT molecular complexity index is 517. The van der Waals surface area contributed by atoms with E-state index in [4.69, 9.17) is 18.3 Å². The SMILES string of the molecule is [B]C12CC[C-](C)C(C[C-](N)C3=CCO[CH-]3)C1CC/C(=N\O)C2C.[U+2].[U]. The maximum Gasteiger partial charge on any atom is 2.00 e. The van der Waals surface area contributed by atoms with E-state index < -0.39 is 0 Å². The Morgan fingerprint density at radius 1 is 1.60 bits per heavy atom. The van der Waals surface area contributed by atoms with Gasteiger partial charge in [0.25, 0.3) is 0 Å². The molecule has 25 heavy (non-hydrogen) atoms. The van der Waals surface area contributed by atoms with E-state index in [1.54, 1.807) is 6.61 Å². The standard InChI is InChI=1S/C18H26BN2O2.2U/c1-11-5-7-18(19)12(2)17(21-22)4-3-15(18)14(11)9-16(20)13-6-8-23-10-13;;/h6,10,12,14-15,22H,3-5,7-9,20H2,1-2H3;;/q-3;;+2/b21-17+;;. The van der Waals surface area contributed by atoms with Crippen LogP contribution in [0.3, 0.4) is 0 Å². The van der Waals surface area contributed by atoms with Crippen LogP contribution in [-0.2, 0) is 4.74 Å². The number of ether oxygens (including phenoxy) is 1. The van der Waals surface area contributed by atoms with Crippen molar-refractivity contribution in [2.24, 2.45) is 28.6 Å². The Kier molecular flexibility index (Phi) is 9.63. The van der Waals surface area contributed by atoms with Gasteiger partial charge in [-0.3, -0.25) is 6.08 Å². The molecule has 7 heteroatoms. The summed E-state index contributed by atoms with van der Waals surface area (Å²) in [6, 6.07) is 0.894. The van der Waals surface area contributed by atoms with E-state index in [-0.39, 0.29) is 73.5 Å². The first-order chi connectivity index (χ1) is 11.0. The zero-order valence-electron chi connectivity index (χ0n) is 15.1. The van der Waals surface area contributed by atoms with Gasteiger partial charge in [-0.25, -0.2) is 6.04 Å². The van der Waals surface area contributed by atoms with Crippen molar-refractivity contribution in [1.82, 2.24) is 0 Å². The normalized spacial score (nSPS) is 36.5. The molecule has 132 valence electrons. The van der Waals surface area contributed by atoms with Crippen molar-refractivity contribution in [2.75, 3.05) is 6.61 Å². The average molecular weight is 789 g/mol. The van der Waals surface area contributed by atoms with E-state index in [0.717, 1.165) is 49.4 Å². The zero-order valence-corrected chi connectivity index (χ0v) is 23.4. The van der Waals surface area contributed by atoms with Crippen LogP contribution in [0.2, 0.25) is 5.31 Å². The zero-order chi connectivity index (χ0) is 16.6. The second-order valence-electron chi connectivity index (χ2n) is 7.36. The van der Waals surface area contributed by atoms with Gasteiger partial charge in [0.05, 0.1) is 13.6 Å². The molecule has 3 N–H and O–H groups in total. The number of rotatable bonds is 3. The summed E-state index contributed by atoms with van der Waals surface area (Å²) < 4.78 is 5.27. The third-order valence-corrected chi connectivity index (χ3v) is 6.33. The molecule has 4 atom stereocenters. The van der Waals surface area contributed by atoms with Gasteiger partial charge in [0.15, 0.2) is 0 Å². The molecule has 0 bridgehead atoms. The summed E-state index contributed by atoms with van der Waals surface area (Å²) in [5.74, 6) is 2.39. The van der Waals surface area contributed by atoms with Crippen molar-refractivity contribution in [1.29, 1.82) is 0 Å². The largest absolute Gasteiger partial charge is 2.00 e. The van der Waals surface area contributed by atoms with E-state index in [1.165, 1.54) is 5.92 Å². The van der Waals surface area contributed by atoms with Crippen LogP contribution in [0.5, 0.6) is 0 Å². The Morgan fingerprint density at radius 3 is 2.92 bits per heavy atom. The number of fused-ring (bicyclic) bond motifs is 1. The summed E-state index contributed by atoms with van der Waals surface area (Å²) in [7, 11) is 6.85. The van der Waals surface area contributed by atoms with E-state index in [9.17, 15) is 5.21 Å². The van der Waals surface area contributed by atoms with Gasteiger partial charge >= 0.3 is 31.1 Å². The molecule has 2 fully saturated rings. The fourth-order valence-electron chi connectivity index (χ4n) is 4.68. The summed E-state index contributed by atoms with van der Waals surface area (Å²) in [5.41, 5.74) is 8.21. The maximum absolute atomic E-state index is 9.25. The molecule has 4 nitrogen and oxygen atoms in total. The molecule has 4 unspecified atom stereocenters. The van der Waals surface area contributed by atoms with Crippen molar-refractivity contribution >= 4 is 13.6 Å². The molecule has 2 aliphatic carbocycles. The number of nitrogens with zero attached hydrogens (tertiary/aromatic N) is 1. The number of hydrogen-bond donors (Lipinski definition) is 2. The van der Waals surface area contributed by atoms with Gasteiger partial charge in [-0.05, 0) is 25.4 Å². The van der Waals surface area contributed by atoms with Gasteiger partial charge in [-0.1, -0.05) is 29.7 Å². The summed E-state index contributed by atoms with van der Waals surface area (Å²) >= 11 is 0. The van der Waals surface area contributed by atoms with E-state index in [2.05, 4.69) is 19.0 Å². The van der Waals surface area contributed by atoms with Crippen molar-refractivity contribution in [3.63, 3.8) is 0 Å². The van der Waals surface area contributed by atoms with Crippen molar-refractivity contribution in [2.45, 2.75) is 51.3 Å². The minimum absolute atomic E-state index is 0. The van der Waals surface area contributed by atoms with Crippen LogP contribution in [-0.4, -0.2) is 25.4 Å². The fourth-order valence-corrected chi connectivity index (χ4v) is 4.68. The third-order valence-electron chi connectivity index (χ3n) is 6.33. The van der Waals surface area contributed by atoms with Crippen LogP contribution in [0.4, 0.5) is 0 Å². The summed E-state index contributed by atoms with van der Waals surface area (Å²) in [6.07, 6.45) is 6.63. The Hall–Kier alpha value is 1.04. The molecule has 2 radical (unpaired) electrons. The van der Waals surface area contributed by atoms with E-state index in [1.807, 2.05) is 6.08 Å². The first kappa shape index (κ1) is 24.1. The monoisotopic (exact) mass is 789 g/mol. The van der Waals surface area contributed by atoms with Gasteiger partial charge in [0, 0.05) is 31.1 Å². The van der Waals surface area contributed by atoms with Gasteiger partial charge in [-0.2, -0.15) is 25.9 Å². The first-order valence-electron chi connectivity index (χ1n) is 8.56. The predicted octanol–water partition coefficient (Wildman–Crippen LogP) is 3.19. The second kappa shape index (κ2) is 10.00. The van der Waals surface area contributed by atoms with Crippen LogP contribution >= 0.6 is 0 Å². The molecular formula is C18H26BN2O2U2-. The smallest absolute Gasteiger partial charge is 0.491 e. The average Bonchev–Trinajstić information content (AvgIpc) is 3.07. The van der Waals surface area contributed by atoms with E-state index in [0.29, 0.717) is 18.4 Å². The van der Waals surface area contributed by atoms with Crippen molar-refractivity contribution in [3.05, 3.63) is 30.2 Å². The Balaban J connectivity index is 0.00000156. The van der Waals surface area contributed by atoms with Crippen LogP contribution in [0.1, 0.15) is 46.0 Å². The molecule has 0 aromatic rings. The fraction of sp³-hybridized carbons (Fsp3) is 0.667. The van der Waals surface area contributed by atoms with Crippen LogP contribution in [0, 0.1) is 98.5 Å². The van der Waals surface area contributed by atoms with Gasteiger partial charge in [0.2, 0.25) is 0 Å². The molecule has 0 saturated heterocycles. The third kappa shape index (κ3) is 4.72. The maximum atomic E-state index is 9.25. The second-order valence-corrected chi connectivity index (χ2v) is 7.36. The minimum atomic E-state index is -0.297. The van der Waals surface area contributed by atoms with E-state index >= 15 is 0 Å². The minimum Gasteiger partial charge on any atom is -0.491 e. The van der Waals surface area contributed by atoms with Crippen LogP contribution in [0.25, 0.3) is 0 Å². The van der Waals surface area contributed by atoms with Crippen LogP contribution in [0.15, 0.2) is 16.8 Å².